The molecule has 0 fully saturated rings. The van der Waals surface area contributed by atoms with Crippen molar-refractivity contribution in [3.05, 3.63) is 71.4 Å². The molecule has 0 unspecified atom stereocenters. The molecule has 0 aliphatic rings. The van der Waals surface area contributed by atoms with Crippen LogP contribution in [0.5, 0.6) is 0 Å². The maximum absolute atomic E-state index is 12.7. The molecule has 3 rings (SSSR count). The third-order valence-electron chi connectivity index (χ3n) is 4.15. The second-order valence-electron chi connectivity index (χ2n) is 6.13. The van der Waals surface area contributed by atoms with E-state index in [1.54, 1.807) is 16.8 Å². The van der Waals surface area contributed by atoms with Crippen LogP contribution in [0.15, 0.2) is 60.7 Å². The topological polar surface area (TPSA) is 46.9 Å². The van der Waals surface area contributed by atoms with Gasteiger partial charge in [-0.2, -0.15) is 5.10 Å². The highest BCUT2D eigenvalue weighted by molar-refractivity contribution is 6.30. The predicted octanol–water partition coefficient (Wildman–Crippen LogP) is 5.11. The molecule has 0 saturated carbocycles. The first-order chi connectivity index (χ1) is 12.7. The second kappa shape index (κ2) is 8.68. The van der Waals surface area contributed by atoms with Gasteiger partial charge in [-0.25, -0.2) is 4.68 Å². The standard InChI is InChI=1S/C21H22ClN3O/c1-2-3-7-14-23-21(26)20-15-19(16-8-5-4-6-9-16)24-25(20)18-12-10-17(22)11-13-18/h4-6,8-13,15H,2-3,7,14H2,1H3,(H,23,26). The van der Waals surface area contributed by atoms with E-state index in [4.69, 9.17) is 11.6 Å². The molecule has 134 valence electrons. The number of carbonyl (C=O) groups is 1. The van der Waals surface area contributed by atoms with Crippen LogP contribution in [0.4, 0.5) is 0 Å². The number of amides is 1. The Morgan fingerprint density at radius 3 is 2.50 bits per heavy atom. The van der Waals surface area contributed by atoms with E-state index >= 15 is 0 Å². The molecule has 1 N–H and O–H groups in total. The largest absolute Gasteiger partial charge is 0.351 e. The maximum Gasteiger partial charge on any atom is 0.270 e. The van der Waals surface area contributed by atoms with Crippen LogP contribution in [0.2, 0.25) is 5.02 Å². The molecule has 1 aromatic heterocycles. The van der Waals surface area contributed by atoms with Crippen LogP contribution >= 0.6 is 11.6 Å². The average molecular weight is 368 g/mol. The zero-order valence-electron chi connectivity index (χ0n) is 14.8. The van der Waals surface area contributed by atoms with Crippen LogP contribution in [0, 0.1) is 0 Å². The van der Waals surface area contributed by atoms with Gasteiger partial charge < -0.3 is 5.32 Å². The fourth-order valence-corrected chi connectivity index (χ4v) is 2.87. The number of nitrogens with zero attached hydrogens (tertiary/aromatic N) is 2. The molecular formula is C21H22ClN3O. The summed E-state index contributed by atoms with van der Waals surface area (Å²) in [5, 5.41) is 8.30. The van der Waals surface area contributed by atoms with Gasteiger partial charge in [0.15, 0.2) is 0 Å². The molecule has 0 atom stereocenters. The molecule has 0 aliphatic carbocycles. The van der Waals surface area contributed by atoms with E-state index in [0.717, 1.165) is 36.2 Å². The lowest BCUT2D eigenvalue weighted by molar-refractivity contribution is 0.0945. The number of hydrogen-bond donors (Lipinski definition) is 1. The third-order valence-corrected chi connectivity index (χ3v) is 4.40. The number of halogens is 1. The fourth-order valence-electron chi connectivity index (χ4n) is 2.74. The summed E-state index contributed by atoms with van der Waals surface area (Å²) in [6, 6.07) is 19.0. The maximum atomic E-state index is 12.7. The monoisotopic (exact) mass is 367 g/mol. The highest BCUT2D eigenvalue weighted by Gasteiger charge is 2.17. The summed E-state index contributed by atoms with van der Waals surface area (Å²) in [5.41, 5.74) is 3.05. The molecule has 1 heterocycles. The number of hydrogen-bond acceptors (Lipinski definition) is 2. The number of rotatable bonds is 7. The van der Waals surface area contributed by atoms with Crippen molar-refractivity contribution in [2.75, 3.05) is 6.54 Å². The van der Waals surface area contributed by atoms with E-state index in [-0.39, 0.29) is 5.91 Å². The zero-order valence-corrected chi connectivity index (χ0v) is 15.5. The summed E-state index contributed by atoms with van der Waals surface area (Å²) in [5.74, 6) is -0.120. The van der Waals surface area contributed by atoms with Crippen LogP contribution < -0.4 is 5.32 Å². The Hall–Kier alpha value is -2.59. The Labute approximate surface area is 158 Å². The van der Waals surface area contributed by atoms with E-state index in [1.807, 2.05) is 48.5 Å². The zero-order chi connectivity index (χ0) is 18.4. The lowest BCUT2D eigenvalue weighted by Gasteiger charge is -2.08. The fraction of sp³-hybridized carbons (Fsp3) is 0.238. The third kappa shape index (κ3) is 4.33. The van der Waals surface area contributed by atoms with Crippen molar-refractivity contribution in [1.29, 1.82) is 0 Å². The number of carbonyl (C=O) groups excluding carboxylic acids is 1. The van der Waals surface area contributed by atoms with Crippen LogP contribution in [0.1, 0.15) is 36.7 Å². The summed E-state index contributed by atoms with van der Waals surface area (Å²) < 4.78 is 1.67. The molecule has 3 aromatic rings. The Morgan fingerprint density at radius 1 is 1.08 bits per heavy atom. The van der Waals surface area contributed by atoms with Crippen molar-refractivity contribution in [3.63, 3.8) is 0 Å². The van der Waals surface area contributed by atoms with Gasteiger partial charge in [-0.15, -0.1) is 0 Å². The summed E-state index contributed by atoms with van der Waals surface area (Å²) in [4.78, 5) is 12.7. The average Bonchev–Trinajstić information content (AvgIpc) is 3.12. The summed E-state index contributed by atoms with van der Waals surface area (Å²) in [6.07, 6.45) is 3.20. The predicted molar refractivity (Wildman–Crippen MR) is 106 cm³/mol. The van der Waals surface area contributed by atoms with Crippen LogP contribution in [0.25, 0.3) is 16.9 Å². The first-order valence-corrected chi connectivity index (χ1v) is 9.26. The number of aromatic nitrogens is 2. The highest BCUT2D eigenvalue weighted by Crippen LogP contribution is 2.22. The van der Waals surface area contributed by atoms with Gasteiger partial charge >= 0.3 is 0 Å². The normalized spacial score (nSPS) is 10.7. The van der Waals surface area contributed by atoms with Gasteiger partial charge in [0, 0.05) is 17.1 Å². The molecule has 5 heteroatoms. The molecule has 0 saturated heterocycles. The second-order valence-corrected chi connectivity index (χ2v) is 6.57. The van der Waals surface area contributed by atoms with Crippen molar-refractivity contribution in [1.82, 2.24) is 15.1 Å². The van der Waals surface area contributed by atoms with Crippen LogP contribution in [-0.4, -0.2) is 22.2 Å². The number of benzene rings is 2. The van der Waals surface area contributed by atoms with Gasteiger partial charge in [-0.1, -0.05) is 61.7 Å². The van der Waals surface area contributed by atoms with Gasteiger partial charge in [-0.05, 0) is 36.8 Å². The van der Waals surface area contributed by atoms with Crippen molar-refractivity contribution in [2.24, 2.45) is 0 Å². The lowest BCUT2D eigenvalue weighted by atomic mass is 10.1. The Kier molecular flexibility index (Phi) is 6.08. The molecule has 0 aliphatic heterocycles. The summed E-state index contributed by atoms with van der Waals surface area (Å²) in [6.45, 7) is 2.81. The van der Waals surface area contributed by atoms with Crippen LogP contribution in [0.3, 0.4) is 0 Å². The number of nitrogens with one attached hydrogen (secondary N) is 1. The van der Waals surface area contributed by atoms with E-state index in [2.05, 4.69) is 17.3 Å². The smallest absolute Gasteiger partial charge is 0.270 e. The van der Waals surface area contributed by atoms with E-state index in [9.17, 15) is 4.79 Å². The van der Waals surface area contributed by atoms with E-state index in [1.165, 1.54) is 0 Å². The molecule has 4 nitrogen and oxygen atoms in total. The molecule has 2 aromatic carbocycles. The Bertz CT molecular complexity index is 857. The van der Waals surface area contributed by atoms with Gasteiger partial charge in [0.25, 0.3) is 5.91 Å². The van der Waals surface area contributed by atoms with Crippen molar-refractivity contribution in [2.45, 2.75) is 26.2 Å². The van der Waals surface area contributed by atoms with Gasteiger partial charge in [0.2, 0.25) is 0 Å². The van der Waals surface area contributed by atoms with E-state index < -0.39 is 0 Å². The SMILES string of the molecule is CCCCCNC(=O)c1cc(-c2ccccc2)nn1-c1ccc(Cl)cc1. The summed E-state index contributed by atoms with van der Waals surface area (Å²) in [7, 11) is 0. The van der Waals surface area contributed by atoms with Crippen molar-refractivity contribution in [3.8, 4) is 16.9 Å². The summed E-state index contributed by atoms with van der Waals surface area (Å²) >= 11 is 5.99. The van der Waals surface area contributed by atoms with Crippen molar-refractivity contribution >= 4 is 17.5 Å². The molecule has 1 amide bonds. The minimum absolute atomic E-state index is 0.120. The first kappa shape index (κ1) is 18.2. The molecule has 0 radical (unpaired) electrons. The van der Waals surface area contributed by atoms with E-state index in [0.29, 0.717) is 17.3 Å². The first-order valence-electron chi connectivity index (χ1n) is 8.88. The molecule has 0 bridgehead atoms. The number of unbranched alkanes of at least 4 members (excludes halogenated alkanes) is 2. The Morgan fingerprint density at radius 2 is 1.81 bits per heavy atom. The quantitative estimate of drug-likeness (QED) is 0.589. The Balaban J connectivity index is 1.93. The highest BCUT2D eigenvalue weighted by atomic mass is 35.5. The molecular weight excluding hydrogens is 346 g/mol. The molecule has 26 heavy (non-hydrogen) atoms. The minimum atomic E-state index is -0.120. The lowest BCUT2D eigenvalue weighted by Crippen LogP contribution is -2.26. The van der Waals surface area contributed by atoms with Crippen molar-refractivity contribution < 1.29 is 4.79 Å². The van der Waals surface area contributed by atoms with Gasteiger partial charge in [-0.3, -0.25) is 4.79 Å². The van der Waals surface area contributed by atoms with Gasteiger partial charge in [0.1, 0.15) is 5.69 Å². The van der Waals surface area contributed by atoms with Crippen LogP contribution in [-0.2, 0) is 0 Å². The molecule has 0 spiro atoms. The van der Waals surface area contributed by atoms with Gasteiger partial charge in [0.05, 0.1) is 11.4 Å². The minimum Gasteiger partial charge on any atom is -0.351 e.